The Morgan fingerprint density at radius 2 is 2.32 bits per heavy atom. The Bertz CT molecular complexity index is 549. The van der Waals surface area contributed by atoms with E-state index in [4.69, 9.17) is 4.74 Å². The van der Waals surface area contributed by atoms with Gasteiger partial charge in [-0.3, -0.25) is 0 Å². The molecule has 0 aliphatic heterocycles. The first-order valence-corrected chi connectivity index (χ1v) is 7.54. The van der Waals surface area contributed by atoms with Crippen LogP contribution in [0.4, 0.5) is 0 Å². The maximum Gasteiger partial charge on any atom is 0.140 e. The van der Waals surface area contributed by atoms with E-state index in [2.05, 4.69) is 28.7 Å². The summed E-state index contributed by atoms with van der Waals surface area (Å²) in [5, 5.41) is 6.62. The van der Waals surface area contributed by atoms with Crippen molar-refractivity contribution in [2.24, 2.45) is 0 Å². The zero-order valence-corrected chi connectivity index (χ0v) is 11.9. The van der Waals surface area contributed by atoms with Gasteiger partial charge in [-0.25, -0.2) is 4.98 Å². The fourth-order valence-corrected chi connectivity index (χ4v) is 2.59. The third-order valence-electron chi connectivity index (χ3n) is 3.10. The first kappa shape index (κ1) is 12.6. The molecule has 100 valence electrons. The molecule has 1 N–H and O–H groups in total. The Hall–Kier alpha value is -1.39. The van der Waals surface area contributed by atoms with Crippen LogP contribution in [0.3, 0.4) is 0 Å². The smallest absolute Gasteiger partial charge is 0.140 e. The molecule has 1 aromatic heterocycles. The van der Waals surface area contributed by atoms with Gasteiger partial charge in [0.25, 0.3) is 0 Å². The normalized spacial score (nSPS) is 14.6. The third-order valence-corrected chi connectivity index (χ3v) is 3.97. The van der Waals surface area contributed by atoms with Crippen LogP contribution in [-0.2, 0) is 13.2 Å². The van der Waals surface area contributed by atoms with E-state index in [0.29, 0.717) is 6.61 Å². The Kier molecular flexibility index (Phi) is 3.80. The van der Waals surface area contributed by atoms with Crippen LogP contribution in [0, 0.1) is 6.92 Å². The van der Waals surface area contributed by atoms with Crippen LogP contribution in [0.2, 0.25) is 0 Å². The highest BCUT2D eigenvalue weighted by atomic mass is 32.1. The Balaban J connectivity index is 1.51. The highest BCUT2D eigenvalue weighted by molar-refractivity contribution is 7.09. The molecule has 3 rings (SSSR count). The molecule has 1 aromatic carbocycles. The van der Waals surface area contributed by atoms with Gasteiger partial charge in [0.2, 0.25) is 0 Å². The van der Waals surface area contributed by atoms with Crippen LogP contribution in [0.25, 0.3) is 0 Å². The van der Waals surface area contributed by atoms with Gasteiger partial charge in [0, 0.05) is 18.0 Å². The van der Waals surface area contributed by atoms with E-state index in [0.717, 1.165) is 29.0 Å². The molecule has 0 amide bonds. The average molecular weight is 274 g/mol. The van der Waals surface area contributed by atoms with Crippen LogP contribution < -0.4 is 10.1 Å². The molecule has 0 unspecified atom stereocenters. The van der Waals surface area contributed by atoms with Crippen molar-refractivity contribution in [3.8, 4) is 5.75 Å². The predicted octanol–water partition coefficient (Wildman–Crippen LogP) is 3.28. The van der Waals surface area contributed by atoms with Crippen molar-refractivity contribution < 1.29 is 4.74 Å². The second-order valence-electron chi connectivity index (χ2n) is 4.99. The number of benzene rings is 1. The van der Waals surface area contributed by atoms with Gasteiger partial charge in [0.05, 0.1) is 5.69 Å². The number of hydrogen-bond donors (Lipinski definition) is 1. The summed E-state index contributed by atoms with van der Waals surface area (Å²) in [5.74, 6) is 0.910. The van der Waals surface area contributed by atoms with E-state index in [1.165, 1.54) is 18.4 Å². The molecule has 3 nitrogen and oxygen atoms in total. The van der Waals surface area contributed by atoms with E-state index in [-0.39, 0.29) is 0 Å². The van der Waals surface area contributed by atoms with Crippen molar-refractivity contribution in [2.75, 3.05) is 0 Å². The molecule has 0 spiro atoms. The standard InChI is InChI=1S/C15H18N2OS/c1-11-3-2-4-14(7-11)18-9-15-17-13(10-19-15)8-16-12-5-6-12/h2-4,7,10,12,16H,5-6,8-9H2,1H3. The molecular formula is C15H18N2OS. The van der Waals surface area contributed by atoms with Gasteiger partial charge in [-0.2, -0.15) is 0 Å². The predicted molar refractivity (Wildman–Crippen MR) is 77.5 cm³/mol. The van der Waals surface area contributed by atoms with Crippen molar-refractivity contribution >= 4 is 11.3 Å². The van der Waals surface area contributed by atoms with Gasteiger partial charge in [-0.15, -0.1) is 11.3 Å². The third kappa shape index (κ3) is 3.78. The van der Waals surface area contributed by atoms with E-state index in [1.807, 2.05) is 18.2 Å². The summed E-state index contributed by atoms with van der Waals surface area (Å²) in [6, 6.07) is 8.84. The number of nitrogens with zero attached hydrogens (tertiary/aromatic N) is 1. The summed E-state index contributed by atoms with van der Waals surface area (Å²) < 4.78 is 5.75. The number of hydrogen-bond acceptors (Lipinski definition) is 4. The van der Waals surface area contributed by atoms with Gasteiger partial charge >= 0.3 is 0 Å². The lowest BCUT2D eigenvalue weighted by Crippen LogP contribution is -2.15. The lowest BCUT2D eigenvalue weighted by molar-refractivity contribution is 0.305. The highest BCUT2D eigenvalue weighted by Gasteiger charge is 2.20. The lowest BCUT2D eigenvalue weighted by Gasteiger charge is -2.04. The maximum absolute atomic E-state index is 5.75. The topological polar surface area (TPSA) is 34.1 Å². The number of aromatic nitrogens is 1. The highest BCUT2D eigenvalue weighted by Crippen LogP contribution is 2.20. The molecule has 0 saturated heterocycles. The summed E-state index contributed by atoms with van der Waals surface area (Å²) in [4.78, 5) is 4.58. The zero-order valence-electron chi connectivity index (χ0n) is 11.1. The van der Waals surface area contributed by atoms with Gasteiger partial charge < -0.3 is 10.1 Å². The first-order chi connectivity index (χ1) is 9.29. The average Bonchev–Trinajstić information content (AvgIpc) is 3.13. The molecule has 0 bridgehead atoms. The number of nitrogens with one attached hydrogen (secondary N) is 1. The molecule has 1 aliphatic rings. The van der Waals surface area contributed by atoms with Crippen molar-refractivity contribution in [3.05, 3.63) is 45.9 Å². The summed E-state index contributed by atoms with van der Waals surface area (Å²) >= 11 is 1.67. The summed E-state index contributed by atoms with van der Waals surface area (Å²) in [6.07, 6.45) is 2.63. The molecule has 1 heterocycles. The molecule has 0 radical (unpaired) electrons. The Morgan fingerprint density at radius 3 is 3.11 bits per heavy atom. The van der Waals surface area contributed by atoms with E-state index < -0.39 is 0 Å². The fraction of sp³-hybridized carbons (Fsp3) is 0.400. The van der Waals surface area contributed by atoms with Gasteiger partial charge in [0.1, 0.15) is 17.4 Å². The van der Waals surface area contributed by atoms with Crippen LogP contribution in [0.5, 0.6) is 5.75 Å². The lowest BCUT2D eigenvalue weighted by atomic mass is 10.2. The fourth-order valence-electron chi connectivity index (χ4n) is 1.88. The maximum atomic E-state index is 5.75. The van der Waals surface area contributed by atoms with Crippen LogP contribution in [0.1, 0.15) is 29.1 Å². The molecule has 1 saturated carbocycles. The first-order valence-electron chi connectivity index (χ1n) is 6.66. The van der Waals surface area contributed by atoms with Crippen molar-refractivity contribution in [1.29, 1.82) is 0 Å². The molecular weight excluding hydrogens is 256 g/mol. The minimum Gasteiger partial charge on any atom is -0.486 e. The molecule has 2 aromatic rings. The van der Waals surface area contributed by atoms with E-state index in [9.17, 15) is 0 Å². The summed E-state index contributed by atoms with van der Waals surface area (Å²) in [5.41, 5.74) is 2.34. The molecule has 1 aliphatic carbocycles. The Morgan fingerprint density at radius 1 is 1.42 bits per heavy atom. The summed E-state index contributed by atoms with van der Waals surface area (Å²) in [6.45, 7) is 3.50. The van der Waals surface area contributed by atoms with Crippen molar-refractivity contribution in [1.82, 2.24) is 10.3 Å². The second-order valence-corrected chi connectivity index (χ2v) is 5.94. The summed E-state index contributed by atoms with van der Waals surface area (Å²) in [7, 11) is 0. The van der Waals surface area contributed by atoms with E-state index >= 15 is 0 Å². The van der Waals surface area contributed by atoms with E-state index in [1.54, 1.807) is 11.3 Å². The zero-order chi connectivity index (χ0) is 13.1. The molecule has 1 fully saturated rings. The van der Waals surface area contributed by atoms with Crippen LogP contribution in [0.15, 0.2) is 29.6 Å². The molecule has 0 atom stereocenters. The van der Waals surface area contributed by atoms with Crippen LogP contribution in [-0.4, -0.2) is 11.0 Å². The largest absolute Gasteiger partial charge is 0.486 e. The van der Waals surface area contributed by atoms with Crippen molar-refractivity contribution in [2.45, 2.75) is 39.0 Å². The monoisotopic (exact) mass is 274 g/mol. The number of aryl methyl sites for hydroxylation is 1. The number of rotatable bonds is 6. The minimum atomic E-state index is 0.553. The SMILES string of the molecule is Cc1cccc(OCc2nc(CNC3CC3)cs2)c1. The van der Waals surface area contributed by atoms with Gasteiger partial charge in [-0.05, 0) is 37.5 Å². The van der Waals surface area contributed by atoms with Crippen molar-refractivity contribution in [3.63, 3.8) is 0 Å². The molecule has 4 heteroatoms. The Labute approximate surface area is 117 Å². The quantitative estimate of drug-likeness (QED) is 0.877. The number of thiazole rings is 1. The second kappa shape index (κ2) is 5.72. The number of ether oxygens (including phenoxy) is 1. The van der Waals surface area contributed by atoms with Gasteiger partial charge in [-0.1, -0.05) is 12.1 Å². The van der Waals surface area contributed by atoms with Crippen LogP contribution >= 0.6 is 11.3 Å². The minimum absolute atomic E-state index is 0.553. The molecule has 19 heavy (non-hydrogen) atoms. The van der Waals surface area contributed by atoms with Gasteiger partial charge in [0.15, 0.2) is 0 Å².